The number of anilines is 2. The molecule has 1 N–H and O–H groups in total. The Kier molecular flexibility index (Phi) is 5.87. The van der Waals surface area contributed by atoms with Gasteiger partial charge in [-0.3, -0.25) is 14.5 Å². The van der Waals surface area contributed by atoms with Crippen molar-refractivity contribution in [3.05, 3.63) is 54.1 Å². The van der Waals surface area contributed by atoms with Crippen molar-refractivity contribution < 1.29 is 23.9 Å². The molecule has 2 amide bonds. The minimum absolute atomic E-state index is 0.307. The van der Waals surface area contributed by atoms with E-state index in [1.807, 2.05) is 6.92 Å². The molecule has 0 unspecified atom stereocenters. The standard InChI is InChI=1S/C22H24N2O5/c1-4-13-28-16-11-9-15(10-12-16)20(26)29-14-19(25)24-18-8-6-5-7-17(18)23-21(27)22(24,2)3/h5-12H,4,13-14H2,1-3H3,(H,23,27). The Morgan fingerprint density at radius 2 is 1.76 bits per heavy atom. The number of hydrogen-bond donors (Lipinski definition) is 1. The molecule has 0 aliphatic carbocycles. The van der Waals surface area contributed by atoms with Crippen LogP contribution < -0.4 is 15.0 Å². The van der Waals surface area contributed by atoms with Crippen molar-refractivity contribution in [1.82, 2.24) is 0 Å². The lowest BCUT2D eigenvalue weighted by atomic mass is 9.96. The topological polar surface area (TPSA) is 84.9 Å². The third-order valence-electron chi connectivity index (χ3n) is 4.65. The summed E-state index contributed by atoms with van der Waals surface area (Å²) in [4.78, 5) is 39.0. The number of hydrogen-bond acceptors (Lipinski definition) is 5. The first-order chi connectivity index (χ1) is 13.8. The minimum atomic E-state index is -1.11. The largest absolute Gasteiger partial charge is 0.494 e. The summed E-state index contributed by atoms with van der Waals surface area (Å²) in [7, 11) is 0. The third-order valence-corrected chi connectivity index (χ3v) is 4.65. The fourth-order valence-electron chi connectivity index (χ4n) is 3.08. The Hall–Kier alpha value is -3.35. The molecule has 2 aromatic carbocycles. The molecule has 152 valence electrons. The van der Waals surface area contributed by atoms with Gasteiger partial charge in [0, 0.05) is 0 Å². The number of benzene rings is 2. The number of nitrogens with one attached hydrogen (secondary N) is 1. The molecule has 0 fully saturated rings. The maximum atomic E-state index is 12.9. The highest BCUT2D eigenvalue weighted by Gasteiger charge is 2.43. The smallest absolute Gasteiger partial charge is 0.338 e. The highest BCUT2D eigenvalue weighted by molar-refractivity contribution is 6.14. The molecule has 0 radical (unpaired) electrons. The molecular weight excluding hydrogens is 372 g/mol. The maximum absolute atomic E-state index is 12.9. The first kappa shape index (κ1) is 20.4. The lowest BCUT2D eigenvalue weighted by molar-refractivity contribution is -0.128. The van der Waals surface area contributed by atoms with Gasteiger partial charge in [0.1, 0.15) is 11.3 Å². The predicted molar refractivity (Wildman–Crippen MR) is 109 cm³/mol. The van der Waals surface area contributed by atoms with Crippen LogP contribution in [0, 0.1) is 0 Å². The second-order valence-corrected chi connectivity index (χ2v) is 7.21. The molecule has 1 heterocycles. The monoisotopic (exact) mass is 396 g/mol. The molecule has 0 saturated heterocycles. The highest BCUT2D eigenvalue weighted by Crippen LogP contribution is 2.36. The SMILES string of the molecule is CCCOc1ccc(C(=O)OCC(=O)N2c3ccccc3NC(=O)C2(C)C)cc1. The first-order valence-corrected chi connectivity index (χ1v) is 9.48. The minimum Gasteiger partial charge on any atom is -0.494 e. The lowest BCUT2D eigenvalue weighted by Gasteiger charge is -2.41. The summed E-state index contributed by atoms with van der Waals surface area (Å²) in [6.45, 7) is 5.42. The van der Waals surface area contributed by atoms with Gasteiger partial charge in [-0.1, -0.05) is 19.1 Å². The van der Waals surface area contributed by atoms with Crippen LogP contribution in [0.25, 0.3) is 0 Å². The van der Waals surface area contributed by atoms with Crippen LogP contribution in [0.15, 0.2) is 48.5 Å². The van der Waals surface area contributed by atoms with Crippen molar-refractivity contribution in [3.63, 3.8) is 0 Å². The van der Waals surface area contributed by atoms with Gasteiger partial charge in [-0.15, -0.1) is 0 Å². The van der Waals surface area contributed by atoms with E-state index in [0.29, 0.717) is 29.3 Å². The highest BCUT2D eigenvalue weighted by atomic mass is 16.5. The van der Waals surface area contributed by atoms with E-state index in [1.54, 1.807) is 62.4 Å². The summed E-state index contributed by atoms with van der Waals surface area (Å²) in [5, 5.41) is 2.79. The maximum Gasteiger partial charge on any atom is 0.338 e. The van der Waals surface area contributed by atoms with E-state index >= 15 is 0 Å². The van der Waals surface area contributed by atoms with Crippen molar-refractivity contribution in [2.24, 2.45) is 0 Å². The van der Waals surface area contributed by atoms with Gasteiger partial charge in [0.25, 0.3) is 5.91 Å². The van der Waals surface area contributed by atoms with E-state index in [2.05, 4.69) is 5.32 Å². The van der Waals surface area contributed by atoms with E-state index in [-0.39, 0.29) is 5.91 Å². The zero-order chi connectivity index (χ0) is 21.0. The van der Waals surface area contributed by atoms with Crippen LogP contribution in [-0.2, 0) is 14.3 Å². The number of carbonyl (C=O) groups is 3. The first-order valence-electron chi connectivity index (χ1n) is 9.48. The number of esters is 1. The summed E-state index contributed by atoms with van der Waals surface area (Å²) in [6.07, 6.45) is 0.889. The predicted octanol–water partition coefficient (Wildman–Crippen LogP) is 3.40. The molecule has 1 aliphatic heterocycles. The summed E-state index contributed by atoms with van der Waals surface area (Å²) in [6, 6.07) is 13.6. The lowest BCUT2D eigenvalue weighted by Crippen LogP contribution is -2.59. The Bertz CT molecular complexity index is 921. The second-order valence-electron chi connectivity index (χ2n) is 7.21. The molecule has 0 saturated carbocycles. The van der Waals surface area contributed by atoms with Gasteiger partial charge in [0.15, 0.2) is 6.61 Å². The molecular formula is C22H24N2O5. The van der Waals surface area contributed by atoms with Crippen LogP contribution in [0.4, 0.5) is 11.4 Å². The molecule has 2 aromatic rings. The van der Waals surface area contributed by atoms with Gasteiger partial charge in [0.05, 0.1) is 23.5 Å². The fourth-order valence-corrected chi connectivity index (χ4v) is 3.08. The summed E-state index contributed by atoms with van der Waals surface area (Å²) in [5.74, 6) is -0.739. The van der Waals surface area contributed by atoms with Crippen molar-refractivity contribution in [2.45, 2.75) is 32.7 Å². The number of amides is 2. The molecule has 0 aromatic heterocycles. The summed E-state index contributed by atoms with van der Waals surface area (Å²) in [5.41, 5.74) is 0.309. The van der Waals surface area contributed by atoms with Gasteiger partial charge in [-0.2, -0.15) is 0 Å². The fraction of sp³-hybridized carbons (Fsp3) is 0.318. The van der Waals surface area contributed by atoms with Crippen molar-refractivity contribution >= 4 is 29.2 Å². The van der Waals surface area contributed by atoms with Gasteiger partial charge in [-0.25, -0.2) is 4.79 Å². The normalized spacial score (nSPS) is 14.6. The molecule has 0 spiro atoms. The Morgan fingerprint density at radius 1 is 1.07 bits per heavy atom. The number of nitrogens with zero attached hydrogens (tertiary/aromatic N) is 1. The Labute approximate surface area is 169 Å². The summed E-state index contributed by atoms with van der Waals surface area (Å²) < 4.78 is 10.7. The average molecular weight is 396 g/mol. The van der Waals surface area contributed by atoms with Crippen LogP contribution in [0.2, 0.25) is 0 Å². The van der Waals surface area contributed by atoms with Gasteiger partial charge in [-0.05, 0) is 56.7 Å². The molecule has 7 heteroatoms. The van der Waals surface area contributed by atoms with E-state index < -0.39 is 24.0 Å². The molecule has 3 rings (SSSR count). The van der Waals surface area contributed by atoms with E-state index in [4.69, 9.17) is 9.47 Å². The van der Waals surface area contributed by atoms with E-state index in [0.717, 1.165) is 6.42 Å². The zero-order valence-corrected chi connectivity index (χ0v) is 16.7. The molecule has 29 heavy (non-hydrogen) atoms. The summed E-state index contributed by atoms with van der Waals surface area (Å²) >= 11 is 0. The number of ether oxygens (including phenoxy) is 2. The van der Waals surface area contributed by atoms with Crippen LogP contribution in [0.1, 0.15) is 37.6 Å². The average Bonchev–Trinajstić information content (AvgIpc) is 2.71. The van der Waals surface area contributed by atoms with Crippen LogP contribution in [0.3, 0.4) is 0 Å². The van der Waals surface area contributed by atoms with Crippen LogP contribution in [-0.4, -0.2) is 36.5 Å². The van der Waals surface area contributed by atoms with E-state index in [9.17, 15) is 14.4 Å². The van der Waals surface area contributed by atoms with Crippen LogP contribution in [0.5, 0.6) is 5.75 Å². The van der Waals surface area contributed by atoms with E-state index in [1.165, 1.54) is 4.90 Å². The number of rotatable bonds is 6. The Balaban J connectivity index is 1.70. The number of para-hydroxylation sites is 2. The van der Waals surface area contributed by atoms with Crippen LogP contribution >= 0.6 is 0 Å². The van der Waals surface area contributed by atoms with Gasteiger partial charge in [0.2, 0.25) is 5.91 Å². The van der Waals surface area contributed by atoms with Crippen molar-refractivity contribution in [2.75, 3.05) is 23.4 Å². The third kappa shape index (κ3) is 4.23. The van der Waals surface area contributed by atoms with Crippen molar-refractivity contribution in [3.8, 4) is 5.75 Å². The van der Waals surface area contributed by atoms with Gasteiger partial charge < -0.3 is 14.8 Å². The molecule has 7 nitrogen and oxygen atoms in total. The molecule has 1 aliphatic rings. The zero-order valence-electron chi connectivity index (χ0n) is 16.7. The Morgan fingerprint density at radius 3 is 2.45 bits per heavy atom. The number of fused-ring (bicyclic) bond motifs is 1. The van der Waals surface area contributed by atoms with Crippen molar-refractivity contribution in [1.29, 1.82) is 0 Å². The van der Waals surface area contributed by atoms with Gasteiger partial charge >= 0.3 is 5.97 Å². The molecule has 0 atom stereocenters. The number of carbonyl (C=O) groups excluding carboxylic acids is 3. The quantitative estimate of drug-likeness (QED) is 0.757. The molecule has 0 bridgehead atoms. The second kappa shape index (κ2) is 8.34.